The van der Waals surface area contributed by atoms with Crippen LogP contribution in [0.4, 0.5) is 5.13 Å². The summed E-state index contributed by atoms with van der Waals surface area (Å²) in [5.74, 6) is 0.494. The van der Waals surface area contributed by atoms with Gasteiger partial charge in [-0.15, -0.1) is 21.5 Å². The fourth-order valence-electron chi connectivity index (χ4n) is 2.16. The van der Waals surface area contributed by atoms with Gasteiger partial charge in [-0.25, -0.2) is 4.98 Å². The van der Waals surface area contributed by atoms with Gasteiger partial charge in [0.2, 0.25) is 5.13 Å². The average molecular weight is 419 g/mol. The van der Waals surface area contributed by atoms with Gasteiger partial charge in [-0.3, -0.25) is 10.1 Å². The Hall–Kier alpha value is -2.00. The maximum atomic E-state index is 12.4. The van der Waals surface area contributed by atoms with E-state index in [1.807, 2.05) is 48.5 Å². The molecule has 5 nitrogen and oxygen atoms in total. The molecule has 0 aliphatic rings. The fourth-order valence-corrected chi connectivity index (χ4v) is 4.85. The molecule has 2 aromatic heterocycles. The number of thioether (sulfide) groups is 1. The van der Waals surface area contributed by atoms with Gasteiger partial charge in [0.15, 0.2) is 9.35 Å². The molecule has 0 saturated carbocycles. The zero-order chi connectivity index (χ0) is 17.9. The van der Waals surface area contributed by atoms with Crippen molar-refractivity contribution in [2.75, 3.05) is 5.32 Å². The number of amides is 1. The Bertz CT molecular complexity index is 1030. The van der Waals surface area contributed by atoms with E-state index < -0.39 is 0 Å². The van der Waals surface area contributed by atoms with E-state index in [9.17, 15) is 4.79 Å². The summed E-state index contributed by atoms with van der Waals surface area (Å²) in [7, 11) is 0. The van der Waals surface area contributed by atoms with Crippen LogP contribution in [0.2, 0.25) is 5.02 Å². The third-order valence-electron chi connectivity index (χ3n) is 3.39. The molecule has 0 aliphatic carbocycles. The largest absolute Gasteiger partial charge is 0.294 e. The monoisotopic (exact) mass is 418 g/mol. The lowest BCUT2D eigenvalue weighted by molar-refractivity contribution is 0.102. The molecular weight excluding hydrogens is 408 g/mol. The molecule has 0 bridgehead atoms. The van der Waals surface area contributed by atoms with Gasteiger partial charge < -0.3 is 0 Å². The van der Waals surface area contributed by atoms with Gasteiger partial charge in [0, 0.05) is 10.8 Å². The molecule has 0 atom stereocenters. The highest BCUT2D eigenvalue weighted by molar-refractivity contribution is 8.00. The lowest BCUT2D eigenvalue weighted by atomic mass is 10.2. The number of nitrogens with one attached hydrogen (secondary N) is 1. The number of benzene rings is 2. The number of carbonyl (C=O) groups is 1. The number of halogens is 1. The first-order chi connectivity index (χ1) is 12.7. The number of fused-ring (bicyclic) bond motifs is 1. The molecule has 0 saturated heterocycles. The lowest BCUT2D eigenvalue weighted by Crippen LogP contribution is -2.11. The number of carbonyl (C=O) groups excluding carboxylic acids is 1. The highest BCUT2D eigenvalue weighted by atomic mass is 35.5. The standard InChI is InChI=1S/C17H11ClN4OS3/c18-11-7-5-10(6-8-11)9-24-17-22-21-16(26-17)20-14(23)15-19-12-3-1-2-4-13(12)25-15/h1-8H,9H2,(H,20,21,23). The van der Waals surface area contributed by atoms with E-state index in [1.165, 1.54) is 22.7 Å². The van der Waals surface area contributed by atoms with E-state index in [4.69, 9.17) is 11.6 Å². The number of anilines is 1. The minimum absolute atomic E-state index is 0.267. The Morgan fingerprint density at radius 2 is 1.88 bits per heavy atom. The van der Waals surface area contributed by atoms with E-state index >= 15 is 0 Å². The van der Waals surface area contributed by atoms with Crippen molar-refractivity contribution in [1.29, 1.82) is 0 Å². The van der Waals surface area contributed by atoms with Gasteiger partial charge in [-0.05, 0) is 29.8 Å². The molecule has 1 N–H and O–H groups in total. The number of nitrogens with zero attached hydrogens (tertiary/aromatic N) is 3. The van der Waals surface area contributed by atoms with Crippen LogP contribution in [0.3, 0.4) is 0 Å². The van der Waals surface area contributed by atoms with Crippen LogP contribution in [0.15, 0.2) is 52.9 Å². The molecule has 1 amide bonds. The molecule has 2 heterocycles. The molecule has 0 spiro atoms. The Labute approximate surface area is 166 Å². The number of rotatable bonds is 5. The fraction of sp³-hybridized carbons (Fsp3) is 0.0588. The number of hydrogen-bond donors (Lipinski definition) is 1. The van der Waals surface area contributed by atoms with Gasteiger partial charge >= 0.3 is 0 Å². The summed E-state index contributed by atoms with van der Waals surface area (Å²) in [4.78, 5) is 16.7. The molecule has 0 radical (unpaired) electrons. The van der Waals surface area contributed by atoms with Gasteiger partial charge in [0.1, 0.15) is 0 Å². The predicted molar refractivity (Wildman–Crippen MR) is 108 cm³/mol. The summed E-state index contributed by atoms with van der Waals surface area (Å²) >= 11 is 10.2. The van der Waals surface area contributed by atoms with Gasteiger partial charge in [-0.2, -0.15) is 0 Å². The molecule has 0 aliphatic heterocycles. The third kappa shape index (κ3) is 4.04. The number of para-hydroxylation sites is 1. The van der Waals surface area contributed by atoms with Gasteiger partial charge in [0.05, 0.1) is 10.2 Å². The first-order valence-electron chi connectivity index (χ1n) is 7.55. The van der Waals surface area contributed by atoms with Crippen LogP contribution in [0.1, 0.15) is 15.4 Å². The van der Waals surface area contributed by atoms with Crippen molar-refractivity contribution in [2.45, 2.75) is 10.1 Å². The minimum atomic E-state index is -0.267. The van der Waals surface area contributed by atoms with E-state index in [2.05, 4.69) is 20.5 Å². The quantitative estimate of drug-likeness (QED) is 0.349. The van der Waals surface area contributed by atoms with E-state index in [0.717, 1.165) is 30.9 Å². The molecular formula is C17H11ClN4OS3. The minimum Gasteiger partial charge on any atom is -0.294 e. The second kappa shape index (κ2) is 7.71. The Morgan fingerprint density at radius 1 is 1.08 bits per heavy atom. The van der Waals surface area contributed by atoms with Crippen molar-refractivity contribution < 1.29 is 4.79 Å². The summed E-state index contributed by atoms with van der Waals surface area (Å²) in [5, 5.41) is 12.5. The van der Waals surface area contributed by atoms with Crippen LogP contribution < -0.4 is 5.32 Å². The molecule has 4 rings (SSSR count). The summed E-state index contributed by atoms with van der Waals surface area (Å²) in [6, 6.07) is 15.3. The van der Waals surface area contributed by atoms with Gasteiger partial charge in [0.25, 0.3) is 5.91 Å². The highest BCUT2D eigenvalue weighted by Gasteiger charge is 2.15. The lowest BCUT2D eigenvalue weighted by Gasteiger charge is -1.98. The average Bonchev–Trinajstić information content (AvgIpc) is 3.28. The van der Waals surface area contributed by atoms with Crippen molar-refractivity contribution in [3.05, 3.63) is 64.1 Å². The van der Waals surface area contributed by atoms with Crippen LogP contribution in [0.5, 0.6) is 0 Å². The molecule has 9 heteroatoms. The molecule has 0 fully saturated rings. The van der Waals surface area contributed by atoms with Crippen LogP contribution in [0.25, 0.3) is 10.2 Å². The number of aromatic nitrogens is 3. The predicted octanol–water partition coefficient (Wildman–Crippen LogP) is 5.35. The Kier molecular flexibility index (Phi) is 5.16. The Morgan fingerprint density at radius 3 is 2.69 bits per heavy atom. The van der Waals surface area contributed by atoms with Crippen LogP contribution in [0, 0.1) is 0 Å². The molecule has 130 valence electrons. The molecule has 4 aromatic rings. The van der Waals surface area contributed by atoms with Crippen molar-refractivity contribution in [1.82, 2.24) is 15.2 Å². The van der Waals surface area contributed by atoms with Gasteiger partial charge in [-0.1, -0.05) is 59.0 Å². The summed E-state index contributed by atoms with van der Waals surface area (Å²) < 4.78 is 1.77. The highest BCUT2D eigenvalue weighted by Crippen LogP contribution is 2.29. The zero-order valence-electron chi connectivity index (χ0n) is 13.2. The van der Waals surface area contributed by atoms with Crippen molar-refractivity contribution in [3.63, 3.8) is 0 Å². The van der Waals surface area contributed by atoms with E-state index in [1.54, 1.807) is 11.8 Å². The third-order valence-corrected chi connectivity index (χ3v) is 6.72. The van der Waals surface area contributed by atoms with Crippen molar-refractivity contribution in [2.24, 2.45) is 0 Å². The summed E-state index contributed by atoms with van der Waals surface area (Å²) in [6.45, 7) is 0. The summed E-state index contributed by atoms with van der Waals surface area (Å²) in [5.41, 5.74) is 1.97. The first-order valence-corrected chi connectivity index (χ1v) is 10.5. The van der Waals surface area contributed by atoms with Crippen molar-refractivity contribution in [3.8, 4) is 0 Å². The second-order valence-electron chi connectivity index (χ2n) is 5.23. The van der Waals surface area contributed by atoms with Crippen molar-refractivity contribution >= 4 is 67.3 Å². The van der Waals surface area contributed by atoms with Crippen LogP contribution in [-0.4, -0.2) is 21.1 Å². The SMILES string of the molecule is O=C(Nc1nnc(SCc2ccc(Cl)cc2)s1)c1nc2ccccc2s1. The number of thiazole rings is 1. The normalized spacial score (nSPS) is 11.0. The molecule has 26 heavy (non-hydrogen) atoms. The molecule has 0 unspecified atom stereocenters. The van der Waals surface area contributed by atoms with E-state index in [-0.39, 0.29) is 5.91 Å². The maximum absolute atomic E-state index is 12.4. The molecule has 2 aromatic carbocycles. The number of hydrogen-bond acceptors (Lipinski definition) is 7. The van der Waals surface area contributed by atoms with Crippen LogP contribution in [-0.2, 0) is 5.75 Å². The summed E-state index contributed by atoms with van der Waals surface area (Å²) in [6.07, 6.45) is 0. The topological polar surface area (TPSA) is 67.8 Å². The Balaban J connectivity index is 1.39. The zero-order valence-corrected chi connectivity index (χ0v) is 16.4. The first kappa shape index (κ1) is 17.4. The van der Waals surface area contributed by atoms with E-state index in [0.29, 0.717) is 10.1 Å². The maximum Gasteiger partial charge on any atom is 0.286 e. The smallest absolute Gasteiger partial charge is 0.286 e. The van der Waals surface area contributed by atoms with Crippen LogP contribution >= 0.6 is 46.0 Å². The second-order valence-corrected chi connectivity index (χ2v) is 8.90.